The van der Waals surface area contributed by atoms with Crippen molar-refractivity contribution in [2.24, 2.45) is 40.4 Å². The first-order valence-corrected chi connectivity index (χ1v) is 18.4. The molecule has 51 heavy (non-hydrogen) atoms. The van der Waals surface area contributed by atoms with Crippen molar-refractivity contribution in [2.75, 3.05) is 45.9 Å². The average molecular weight is 711 g/mol. The molecule has 5 saturated carbocycles. The summed E-state index contributed by atoms with van der Waals surface area (Å²) >= 11 is 0. The fourth-order valence-electron chi connectivity index (χ4n) is 13.2. The zero-order valence-electron chi connectivity index (χ0n) is 30.2. The van der Waals surface area contributed by atoms with Crippen molar-refractivity contribution in [1.82, 2.24) is 4.90 Å². The van der Waals surface area contributed by atoms with Gasteiger partial charge in [-0.2, -0.15) is 0 Å². The number of methoxy groups -OCH3 is 3. The Labute approximate surface area is 297 Å². The third kappa shape index (κ3) is 4.19. The standard InChI is InChI=1S/C38H50N2O11/c1-7-39-17-35(18-50-33(44)21-10-8-9-11-24(21)40-27(42)14-19(2)32(40)43)13-12-26(48-5)37-23-15-22-25(47-4)16-36(45,28(23)29(22)51-20(3)41)38(46,34(37)39)31(49-6)30(35)37/h8-11,19,22-23,25-26,28-31,34,45-46H,7,12-18H2,1-6H3/t19-,22-,23-,25+,26?,28-,29+,30-,31+,34?,35+,36-,37?,38-/m1/s1. The van der Waals surface area contributed by atoms with Crippen LogP contribution in [0, 0.1) is 40.4 Å². The van der Waals surface area contributed by atoms with E-state index in [1.165, 1.54) is 6.92 Å². The highest BCUT2D eigenvalue weighted by Gasteiger charge is 2.92. The Balaban J connectivity index is 1.24. The van der Waals surface area contributed by atoms with Crippen LogP contribution in [0.2, 0.25) is 0 Å². The third-order valence-corrected chi connectivity index (χ3v) is 14.6. The maximum Gasteiger partial charge on any atom is 0.340 e. The monoisotopic (exact) mass is 710 g/mol. The number of anilines is 1. The maximum atomic E-state index is 14.1. The number of likely N-dealkylation sites (tertiary alicyclic amines) is 1. The minimum absolute atomic E-state index is 0.0201. The van der Waals surface area contributed by atoms with Crippen molar-refractivity contribution in [3.8, 4) is 0 Å². The van der Waals surface area contributed by atoms with Crippen molar-refractivity contribution in [1.29, 1.82) is 0 Å². The van der Waals surface area contributed by atoms with Crippen LogP contribution in [0.4, 0.5) is 5.69 Å². The van der Waals surface area contributed by atoms with Crippen LogP contribution in [0.3, 0.4) is 0 Å². The molecule has 8 rings (SSSR count). The van der Waals surface area contributed by atoms with Gasteiger partial charge in [0.15, 0.2) is 0 Å². The summed E-state index contributed by atoms with van der Waals surface area (Å²) < 4.78 is 31.1. The average Bonchev–Trinajstić information content (AvgIpc) is 3.61. The quantitative estimate of drug-likeness (QED) is 0.284. The lowest BCUT2D eigenvalue weighted by atomic mass is 9.42. The highest BCUT2D eigenvalue weighted by atomic mass is 16.6. The number of hydrogen-bond acceptors (Lipinski definition) is 12. The molecule has 13 heteroatoms. The molecule has 3 unspecified atom stereocenters. The number of carbonyl (C=O) groups excluding carboxylic acids is 4. The second kappa shape index (κ2) is 11.8. The number of para-hydroxylation sites is 1. The number of amides is 2. The molecule has 7 fully saturated rings. The molecule has 5 aliphatic carbocycles. The molecule has 2 saturated heterocycles. The fraction of sp³-hybridized carbons (Fsp3) is 0.737. The zero-order chi connectivity index (χ0) is 36.4. The van der Waals surface area contributed by atoms with Gasteiger partial charge < -0.3 is 33.9 Å². The lowest BCUT2D eigenvalue weighted by Crippen LogP contribution is -2.82. The van der Waals surface area contributed by atoms with Crippen molar-refractivity contribution in [3.05, 3.63) is 29.8 Å². The Morgan fingerprint density at radius 2 is 1.80 bits per heavy atom. The predicted octanol–water partition coefficient (Wildman–Crippen LogP) is 1.95. The zero-order valence-corrected chi connectivity index (χ0v) is 30.2. The van der Waals surface area contributed by atoms with Gasteiger partial charge in [-0.3, -0.25) is 19.3 Å². The Kier molecular flexibility index (Phi) is 8.11. The number of fused-ring (bicyclic) bond motifs is 2. The van der Waals surface area contributed by atoms with Gasteiger partial charge in [0, 0.05) is 82.1 Å². The molecule has 0 radical (unpaired) electrons. The molecule has 7 bridgehead atoms. The summed E-state index contributed by atoms with van der Waals surface area (Å²) in [5.74, 6) is -3.74. The van der Waals surface area contributed by atoms with Crippen LogP contribution in [0.15, 0.2) is 24.3 Å². The molecule has 2 heterocycles. The highest BCUT2D eigenvalue weighted by Crippen LogP contribution is 2.80. The Morgan fingerprint density at radius 3 is 2.43 bits per heavy atom. The van der Waals surface area contributed by atoms with E-state index in [-0.39, 0.29) is 60.5 Å². The smallest absolute Gasteiger partial charge is 0.340 e. The molecule has 1 aromatic carbocycles. The largest absolute Gasteiger partial charge is 0.462 e. The lowest BCUT2D eigenvalue weighted by molar-refractivity contribution is -0.319. The van der Waals surface area contributed by atoms with Gasteiger partial charge in [-0.05, 0) is 43.9 Å². The second-order valence-corrected chi connectivity index (χ2v) is 16.3. The molecule has 14 atom stereocenters. The number of likely N-dealkylation sites (N-methyl/N-ethyl adjacent to an activating group) is 1. The van der Waals surface area contributed by atoms with Crippen molar-refractivity contribution in [3.63, 3.8) is 0 Å². The van der Waals surface area contributed by atoms with Crippen LogP contribution < -0.4 is 4.90 Å². The number of imide groups is 1. The Bertz CT molecular complexity index is 1650. The number of piperidine rings is 1. The van der Waals surface area contributed by atoms with Gasteiger partial charge in [0.1, 0.15) is 17.3 Å². The van der Waals surface area contributed by atoms with E-state index in [0.717, 1.165) is 4.90 Å². The minimum atomic E-state index is -1.82. The molecule has 7 aliphatic rings. The molecule has 0 aromatic heterocycles. The molecular weight excluding hydrogens is 660 g/mol. The van der Waals surface area contributed by atoms with Crippen molar-refractivity contribution in [2.45, 2.75) is 94.5 Å². The van der Waals surface area contributed by atoms with Gasteiger partial charge >= 0.3 is 11.9 Å². The van der Waals surface area contributed by atoms with Crippen molar-refractivity contribution >= 4 is 29.4 Å². The lowest BCUT2D eigenvalue weighted by Gasteiger charge is -2.70. The molecule has 2 aliphatic heterocycles. The number of carbonyl (C=O) groups is 4. The van der Waals surface area contributed by atoms with Gasteiger partial charge in [0.05, 0.1) is 42.2 Å². The number of esters is 2. The number of hydrogen-bond donors (Lipinski definition) is 2. The summed E-state index contributed by atoms with van der Waals surface area (Å²) in [5.41, 5.74) is -4.72. The van der Waals surface area contributed by atoms with Crippen molar-refractivity contribution < 1.29 is 53.1 Å². The van der Waals surface area contributed by atoms with Gasteiger partial charge in [0.2, 0.25) is 11.8 Å². The van der Waals surface area contributed by atoms with E-state index in [4.69, 9.17) is 23.7 Å². The van der Waals surface area contributed by atoms with Crippen LogP contribution in [0.25, 0.3) is 0 Å². The topological polar surface area (TPSA) is 161 Å². The Morgan fingerprint density at radius 1 is 1.06 bits per heavy atom. The van der Waals surface area contributed by atoms with Crippen LogP contribution in [-0.2, 0) is 38.1 Å². The van der Waals surface area contributed by atoms with Gasteiger partial charge in [-0.1, -0.05) is 26.0 Å². The molecule has 1 aromatic rings. The van der Waals surface area contributed by atoms with Crippen LogP contribution in [0.1, 0.15) is 63.2 Å². The van der Waals surface area contributed by atoms with Gasteiger partial charge in [0.25, 0.3) is 0 Å². The predicted molar refractivity (Wildman–Crippen MR) is 179 cm³/mol. The molecule has 1 spiro atoms. The van der Waals surface area contributed by atoms with E-state index in [2.05, 4.69) is 4.90 Å². The van der Waals surface area contributed by atoms with E-state index in [0.29, 0.717) is 32.4 Å². The normalized spacial score (nSPS) is 46.4. The number of ether oxygens (including phenoxy) is 5. The molecule has 278 valence electrons. The molecule has 2 amide bonds. The summed E-state index contributed by atoms with van der Waals surface area (Å²) in [6.45, 7) is 6.10. The minimum Gasteiger partial charge on any atom is -0.462 e. The number of aliphatic hydroxyl groups is 2. The highest BCUT2D eigenvalue weighted by molar-refractivity contribution is 6.22. The van der Waals surface area contributed by atoms with E-state index in [1.54, 1.807) is 52.5 Å². The van der Waals surface area contributed by atoms with E-state index in [9.17, 15) is 29.4 Å². The summed E-state index contributed by atoms with van der Waals surface area (Å²) in [6.07, 6.45) is -0.303. The SMILES string of the molecule is CCN1C[C@]2(COC(=O)c3ccccc3N3C(=O)C[C@@H](C)C3=O)CCC(OC)C34C1[C@](O)([C@@H](OC)[C@@H]32)[C@@]1(O)C[C@H](OC)[C@H]2C[C@@H]4[C@@H]1[C@H]2OC(C)=O. The first kappa shape index (κ1) is 35.1. The first-order chi connectivity index (χ1) is 24.3. The third-order valence-electron chi connectivity index (χ3n) is 14.6. The van der Waals surface area contributed by atoms with Gasteiger partial charge in [-0.15, -0.1) is 0 Å². The molecule has 13 nitrogen and oxygen atoms in total. The summed E-state index contributed by atoms with van der Waals surface area (Å²) in [4.78, 5) is 55.9. The number of nitrogens with zero attached hydrogens (tertiary/aromatic N) is 2. The Hall–Kier alpha value is -2.94. The van der Waals surface area contributed by atoms with Crippen LogP contribution >= 0.6 is 0 Å². The summed E-state index contributed by atoms with van der Waals surface area (Å²) in [6, 6.07) is 5.95. The maximum absolute atomic E-state index is 14.1. The number of rotatable bonds is 9. The van der Waals surface area contributed by atoms with E-state index in [1.807, 2.05) is 6.92 Å². The summed E-state index contributed by atoms with van der Waals surface area (Å²) in [5, 5.41) is 26.7. The molecular formula is C38H50N2O11. The summed E-state index contributed by atoms with van der Waals surface area (Å²) in [7, 11) is 4.85. The second-order valence-electron chi connectivity index (χ2n) is 16.3. The number of benzene rings is 1. The fourth-order valence-corrected chi connectivity index (χ4v) is 13.2. The first-order valence-electron chi connectivity index (χ1n) is 18.4. The van der Waals surface area contributed by atoms with Crippen LogP contribution in [-0.4, -0.2) is 122 Å². The molecule has 2 N–H and O–H groups in total. The van der Waals surface area contributed by atoms with E-state index >= 15 is 0 Å². The van der Waals surface area contributed by atoms with E-state index < -0.39 is 76.1 Å². The van der Waals surface area contributed by atoms with Crippen LogP contribution in [0.5, 0.6) is 0 Å². The van der Waals surface area contributed by atoms with Gasteiger partial charge in [-0.25, -0.2) is 9.69 Å².